The summed E-state index contributed by atoms with van der Waals surface area (Å²) in [4.78, 5) is 11.8. The molecule has 3 aromatic rings. The molecule has 132 valence electrons. The summed E-state index contributed by atoms with van der Waals surface area (Å²) < 4.78 is 10.3. The molecular weight excluding hydrogens is 350 g/mol. The zero-order valence-electron chi connectivity index (χ0n) is 14.0. The summed E-state index contributed by atoms with van der Waals surface area (Å²) in [5, 5.41) is 4.09. The lowest BCUT2D eigenvalue weighted by molar-refractivity contribution is 0.152. The zero-order chi connectivity index (χ0) is 18.2. The second-order valence-electron chi connectivity index (χ2n) is 5.64. The van der Waals surface area contributed by atoms with Gasteiger partial charge in [0.25, 0.3) is 0 Å². The van der Waals surface area contributed by atoms with Crippen LogP contribution in [0.2, 0.25) is 5.02 Å². The summed E-state index contributed by atoms with van der Waals surface area (Å²) in [6.45, 7) is 1.45. The minimum atomic E-state index is -0.759. The lowest BCUT2D eigenvalue weighted by atomic mass is 10.2. The highest BCUT2D eigenvalue weighted by molar-refractivity contribution is 6.30. The van der Waals surface area contributed by atoms with Crippen molar-refractivity contribution in [3.63, 3.8) is 0 Å². The summed E-state index contributed by atoms with van der Waals surface area (Å²) in [5.41, 5.74) is 2.25. The fourth-order valence-corrected chi connectivity index (χ4v) is 2.46. The van der Waals surface area contributed by atoms with E-state index in [0.717, 1.165) is 22.7 Å². The quantitative estimate of drug-likeness (QED) is 0.480. The molecule has 0 atom stereocenters. The Kier molecular flexibility index (Phi) is 6.25. The van der Waals surface area contributed by atoms with Crippen LogP contribution < -0.4 is 14.8 Å². The Morgan fingerprint density at radius 2 is 1.23 bits per heavy atom. The first-order valence-corrected chi connectivity index (χ1v) is 8.56. The van der Waals surface area contributed by atoms with E-state index < -0.39 is 6.16 Å². The van der Waals surface area contributed by atoms with Crippen LogP contribution in [-0.2, 0) is 13.1 Å². The van der Waals surface area contributed by atoms with Crippen LogP contribution >= 0.6 is 11.6 Å². The fraction of sp³-hybridized carbons (Fsp3) is 0.0952. The molecule has 0 bridgehead atoms. The molecule has 0 fully saturated rings. The number of halogens is 1. The number of hydrogen-bond acceptors (Lipinski definition) is 4. The third kappa shape index (κ3) is 5.62. The summed E-state index contributed by atoms with van der Waals surface area (Å²) in [7, 11) is 0. The molecule has 0 spiro atoms. The van der Waals surface area contributed by atoms with Gasteiger partial charge in [0.05, 0.1) is 0 Å². The molecule has 3 rings (SSSR count). The molecule has 26 heavy (non-hydrogen) atoms. The molecule has 0 saturated carbocycles. The average Bonchev–Trinajstić information content (AvgIpc) is 2.65. The Morgan fingerprint density at radius 1 is 0.731 bits per heavy atom. The maximum atomic E-state index is 11.8. The normalized spacial score (nSPS) is 10.3. The van der Waals surface area contributed by atoms with Crippen molar-refractivity contribution in [1.29, 1.82) is 0 Å². The first kappa shape index (κ1) is 18.0. The summed E-state index contributed by atoms with van der Waals surface area (Å²) in [6, 6.07) is 23.8. The van der Waals surface area contributed by atoms with Gasteiger partial charge >= 0.3 is 6.16 Å². The molecule has 0 aliphatic carbocycles. The molecule has 5 heteroatoms. The van der Waals surface area contributed by atoms with E-state index in [2.05, 4.69) is 5.32 Å². The van der Waals surface area contributed by atoms with E-state index in [1.54, 1.807) is 36.4 Å². The van der Waals surface area contributed by atoms with Crippen LogP contribution in [0.1, 0.15) is 11.1 Å². The molecule has 0 aliphatic rings. The summed E-state index contributed by atoms with van der Waals surface area (Å²) in [5.74, 6) is 0.882. The van der Waals surface area contributed by atoms with Gasteiger partial charge in [-0.25, -0.2) is 4.79 Å². The van der Waals surface area contributed by atoms with Gasteiger partial charge in [-0.05, 0) is 47.5 Å². The Bertz CT molecular complexity index is 833. The van der Waals surface area contributed by atoms with Gasteiger partial charge < -0.3 is 14.8 Å². The second kappa shape index (κ2) is 9.04. The number of carbonyl (C=O) groups excluding carboxylic acids is 1. The highest BCUT2D eigenvalue weighted by atomic mass is 35.5. The molecule has 0 aliphatic heterocycles. The third-order valence-corrected chi connectivity index (χ3v) is 3.89. The van der Waals surface area contributed by atoms with Crippen molar-refractivity contribution in [2.45, 2.75) is 13.1 Å². The first-order valence-electron chi connectivity index (χ1n) is 8.18. The number of rotatable bonds is 6. The topological polar surface area (TPSA) is 47.6 Å². The van der Waals surface area contributed by atoms with Crippen molar-refractivity contribution in [1.82, 2.24) is 5.32 Å². The van der Waals surface area contributed by atoms with Crippen LogP contribution in [0.15, 0.2) is 78.9 Å². The van der Waals surface area contributed by atoms with Gasteiger partial charge in [-0.15, -0.1) is 0 Å². The number of benzene rings is 3. The predicted octanol–water partition coefficient (Wildman–Crippen LogP) is 5.21. The fourth-order valence-electron chi connectivity index (χ4n) is 2.33. The smallest absolute Gasteiger partial charge is 0.395 e. The highest BCUT2D eigenvalue weighted by Crippen LogP contribution is 2.15. The van der Waals surface area contributed by atoms with E-state index in [4.69, 9.17) is 21.1 Å². The molecule has 1 N–H and O–H groups in total. The largest absolute Gasteiger partial charge is 0.519 e. The van der Waals surface area contributed by atoms with Crippen LogP contribution in [0.25, 0.3) is 0 Å². The average molecular weight is 368 g/mol. The van der Waals surface area contributed by atoms with E-state index in [1.807, 2.05) is 42.5 Å². The number of ether oxygens (including phenoxy) is 2. The minimum Gasteiger partial charge on any atom is -0.395 e. The Hall–Kier alpha value is -2.82. The van der Waals surface area contributed by atoms with Crippen molar-refractivity contribution in [3.8, 4) is 11.5 Å². The maximum absolute atomic E-state index is 11.8. The minimum absolute atomic E-state index is 0.437. The lowest BCUT2D eigenvalue weighted by Crippen LogP contribution is -2.14. The van der Waals surface area contributed by atoms with E-state index >= 15 is 0 Å². The standard InChI is InChI=1S/C21H18ClNO3/c22-18-10-6-16(7-11-18)14-23-15-17-8-12-20(13-9-17)26-21(24)25-19-4-2-1-3-5-19/h1-13,23H,14-15H2. The molecule has 0 aromatic heterocycles. The number of hydrogen-bond donors (Lipinski definition) is 1. The zero-order valence-corrected chi connectivity index (χ0v) is 14.8. The molecule has 0 radical (unpaired) electrons. The van der Waals surface area contributed by atoms with Gasteiger partial charge in [0.2, 0.25) is 0 Å². The maximum Gasteiger partial charge on any atom is 0.519 e. The summed E-state index contributed by atoms with van der Waals surface area (Å²) in [6.07, 6.45) is -0.759. The highest BCUT2D eigenvalue weighted by Gasteiger charge is 2.07. The van der Waals surface area contributed by atoms with Crippen LogP contribution in [0, 0.1) is 0 Å². The number of carbonyl (C=O) groups is 1. The second-order valence-corrected chi connectivity index (χ2v) is 6.08. The van der Waals surface area contributed by atoms with E-state index in [1.165, 1.54) is 0 Å². The molecule has 0 saturated heterocycles. The van der Waals surface area contributed by atoms with Gasteiger partial charge in [-0.3, -0.25) is 0 Å². The molecule has 4 nitrogen and oxygen atoms in total. The third-order valence-electron chi connectivity index (χ3n) is 3.64. The van der Waals surface area contributed by atoms with Crippen LogP contribution in [0.4, 0.5) is 4.79 Å². The van der Waals surface area contributed by atoms with Crippen LogP contribution in [-0.4, -0.2) is 6.16 Å². The van der Waals surface area contributed by atoms with Crippen molar-refractivity contribution in [2.75, 3.05) is 0 Å². The van der Waals surface area contributed by atoms with Gasteiger partial charge in [0, 0.05) is 18.1 Å². The van der Waals surface area contributed by atoms with Gasteiger partial charge in [0.15, 0.2) is 0 Å². The summed E-state index contributed by atoms with van der Waals surface area (Å²) >= 11 is 5.87. The van der Waals surface area contributed by atoms with E-state index in [9.17, 15) is 4.79 Å². The van der Waals surface area contributed by atoms with Crippen molar-refractivity contribution in [2.24, 2.45) is 0 Å². The Labute approximate surface area is 157 Å². The predicted molar refractivity (Wildman–Crippen MR) is 102 cm³/mol. The van der Waals surface area contributed by atoms with E-state index in [-0.39, 0.29) is 0 Å². The van der Waals surface area contributed by atoms with Crippen LogP contribution in [0.3, 0.4) is 0 Å². The monoisotopic (exact) mass is 367 g/mol. The lowest BCUT2D eigenvalue weighted by Gasteiger charge is -2.08. The number of para-hydroxylation sites is 1. The van der Waals surface area contributed by atoms with Crippen molar-refractivity contribution < 1.29 is 14.3 Å². The van der Waals surface area contributed by atoms with Crippen molar-refractivity contribution >= 4 is 17.8 Å². The molecule has 0 heterocycles. The molecule has 3 aromatic carbocycles. The Balaban J connectivity index is 1.45. The first-order chi connectivity index (χ1) is 12.7. The molecular formula is C21H18ClNO3. The van der Waals surface area contributed by atoms with E-state index in [0.29, 0.717) is 18.0 Å². The van der Waals surface area contributed by atoms with Gasteiger partial charge in [-0.2, -0.15) is 0 Å². The molecule has 0 unspecified atom stereocenters. The molecule has 0 amide bonds. The SMILES string of the molecule is O=C(Oc1ccccc1)Oc1ccc(CNCc2ccc(Cl)cc2)cc1. The number of nitrogens with one attached hydrogen (secondary N) is 1. The van der Waals surface area contributed by atoms with Crippen LogP contribution in [0.5, 0.6) is 11.5 Å². The van der Waals surface area contributed by atoms with Gasteiger partial charge in [0.1, 0.15) is 11.5 Å². The van der Waals surface area contributed by atoms with Crippen molar-refractivity contribution in [3.05, 3.63) is 95.0 Å². The Morgan fingerprint density at radius 3 is 1.81 bits per heavy atom. The van der Waals surface area contributed by atoms with Gasteiger partial charge in [-0.1, -0.05) is 54.1 Å².